The zero-order valence-electron chi connectivity index (χ0n) is 16.8. The van der Waals surface area contributed by atoms with Gasteiger partial charge in [0, 0.05) is 5.92 Å². The first-order valence-electron chi connectivity index (χ1n) is 10.5. The van der Waals surface area contributed by atoms with Crippen LogP contribution in [0.3, 0.4) is 0 Å². The normalized spacial score (nSPS) is 28.9. The molecule has 7 rings (SSSR count). The van der Waals surface area contributed by atoms with Crippen molar-refractivity contribution < 1.29 is 14.7 Å². The number of imide groups is 1. The minimum atomic E-state index is -0.991. The number of nitrogens with zero attached hydrogens (tertiary/aromatic N) is 1. The average molecular weight is 430 g/mol. The molecule has 3 atom stereocenters. The van der Waals surface area contributed by atoms with Crippen molar-refractivity contribution in [2.45, 2.75) is 24.4 Å². The Kier molecular flexibility index (Phi) is 3.81. The van der Waals surface area contributed by atoms with Gasteiger partial charge in [0.05, 0.1) is 34.1 Å². The molecule has 1 N–H and O–H groups in total. The number of aliphatic hydroxyl groups excluding tert-OH is 1. The van der Waals surface area contributed by atoms with E-state index in [1.165, 1.54) is 4.90 Å². The van der Waals surface area contributed by atoms with Crippen LogP contribution in [0.2, 0.25) is 5.02 Å². The molecule has 0 aromatic heterocycles. The molecule has 0 spiro atoms. The zero-order chi connectivity index (χ0) is 21.5. The van der Waals surface area contributed by atoms with Gasteiger partial charge in [0.25, 0.3) is 0 Å². The highest BCUT2D eigenvalue weighted by Crippen LogP contribution is 2.65. The van der Waals surface area contributed by atoms with Gasteiger partial charge in [-0.25, -0.2) is 4.90 Å². The number of carbonyl (C=O) groups excluding carboxylic acids is 2. The number of benzene rings is 3. The maximum absolute atomic E-state index is 14.0. The Labute approximate surface area is 185 Å². The van der Waals surface area contributed by atoms with Crippen LogP contribution < -0.4 is 4.90 Å². The van der Waals surface area contributed by atoms with E-state index in [0.29, 0.717) is 10.7 Å². The van der Waals surface area contributed by atoms with Crippen LogP contribution in [0.25, 0.3) is 0 Å². The first-order chi connectivity index (χ1) is 15.0. The Bertz CT molecular complexity index is 1220. The van der Waals surface area contributed by atoms with Gasteiger partial charge in [0.1, 0.15) is 0 Å². The number of rotatable bonds is 2. The maximum atomic E-state index is 14.0. The molecule has 1 saturated heterocycles. The minimum absolute atomic E-state index is 0.234. The Hall–Kier alpha value is -2.95. The highest BCUT2D eigenvalue weighted by atomic mass is 35.5. The number of hydrogen-bond acceptors (Lipinski definition) is 3. The summed E-state index contributed by atoms with van der Waals surface area (Å²) in [7, 11) is 0. The van der Waals surface area contributed by atoms with Gasteiger partial charge in [0.2, 0.25) is 11.8 Å². The summed E-state index contributed by atoms with van der Waals surface area (Å²) in [6.07, 6.45) is -0.869. The summed E-state index contributed by atoms with van der Waals surface area (Å²) < 4.78 is 0. The quantitative estimate of drug-likeness (QED) is 0.619. The smallest absolute Gasteiger partial charge is 0.239 e. The number of amides is 2. The summed E-state index contributed by atoms with van der Waals surface area (Å²) in [5, 5.41) is 11.7. The lowest BCUT2D eigenvalue weighted by molar-refractivity contribution is -0.126. The largest absolute Gasteiger partial charge is 0.392 e. The second-order valence-electron chi connectivity index (χ2n) is 8.66. The van der Waals surface area contributed by atoms with Gasteiger partial charge in [-0.3, -0.25) is 9.59 Å². The topological polar surface area (TPSA) is 57.6 Å². The van der Waals surface area contributed by atoms with Gasteiger partial charge in [0.15, 0.2) is 0 Å². The molecule has 1 aliphatic heterocycles. The van der Waals surface area contributed by atoms with Crippen molar-refractivity contribution in [1.82, 2.24) is 0 Å². The SMILES string of the molecule is CC(O)C12c3ccccc3C(c3ccccc31)C1C(=O)N(c3ccccc3Cl)C(=O)C12. The Morgan fingerprint density at radius 1 is 0.871 bits per heavy atom. The molecular formula is C26H20ClNO3. The number of anilines is 1. The van der Waals surface area contributed by atoms with Crippen molar-refractivity contribution in [3.8, 4) is 0 Å². The molecule has 31 heavy (non-hydrogen) atoms. The molecule has 154 valence electrons. The molecule has 0 radical (unpaired) electrons. The molecule has 3 aliphatic carbocycles. The van der Waals surface area contributed by atoms with E-state index in [4.69, 9.17) is 11.6 Å². The van der Waals surface area contributed by atoms with Crippen LogP contribution in [-0.4, -0.2) is 23.0 Å². The molecule has 3 aromatic rings. The van der Waals surface area contributed by atoms with Gasteiger partial charge in [-0.1, -0.05) is 72.3 Å². The second kappa shape index (κ2) is 6.28. The lowest BCUT2D eigenvalue weighted by Gasteiger charge is -2.55. The van der Waals surface area contributed by atoms with Crippen LogP contribution in [0.1, 0.15) is 35.1 Å². The summed E-state index contributed by atoms with van der Waals surface area (Å²) >= 11 is 6.40. The van der Waals surface area contributed by atoms with E-state index in [1.807, 2.05) is 48.5 Å². The van der Waals surface area contributed by atoms with Crippen molar-refractivity contribution in [3.63, 3.8) is 0 Å². The average Bonchev–Trinajstić information content (AvgIpc) is 3.05. The van der Waals surface area contributed by atoms with Gasteiger partial charge < -0.3 is 5.11 Å². The zero-order valence-corrected chi connectivity index (χ0v) is 17.6. The fraction of sp³-hybridized carbons (Fsp3) is 0.231. The van der Waals surface area contributed by atoms with E-state index < -0.39 is 23.4 Å². The maximum Gasteiger partial charge on any atom is 0.239 e. The molecule has 2 bridgehead atoms. The molecule has 5 heteroatoms. The van der Waals surface area contributed by atoms with Crippen LogP contribution in [0, 0.1) is 11.8 Å². The van der Waals surface area contributed by atoms with Crippen LogP contribution in [0.15, 0.2) is 72.8 Å². The highest BCUT2D eigenvalue weighted by molar-refractivity contribution is 6.36. The van der Waals surface area contributed by atoms with Crippen LogP contribution >= 0.6 is 11.6 Å². The van der Waals surface area contributed by atoms with Crippen LogP contribution in [0.5, 0.6) is 0 Å². The number of aliphatic hydroxyl groups is 1. The van der Waals surface area contributed by atoms with E-state index in [2.05, 4.69) is 0 Å². The third-order valence-corrected chi connectivity index (χ3v) is 7.76. The van der Waals surface area contributed by atoms with E-state index in [9.17, 15) is 14.7 Å². The molecular weight excluding hydrogens is 410 g/mol. The second-order valence-corrected chi connectivity index (χ2v) is 9.07. The first-order valence-corrected chi connectivity index (χ1v) is 10.9. The Balaban J connectivity index is 1.68. The van der Waals surface area contributed by atoms with Crippen molar-refractivity contribution in [1.29, 1.82) is 0 Å². The molecule has 1 heterocycles. The van der Waals surface area contributed by atoms with Gasteiger partial charge in [-0.15, -0.1) is 0 Å². The predicted octanol–water partition coefficient (Wildman–Crippen LogP) is 4.27. The lowest BCUT2D eigenvalue weighted by atomic mass is 9.46. The Morgan fingerprint density at radius 2 is 1.42 bits per heavy atom. The fourth-order valence-electron chi connectivity index (χ4n) is 6.41. The fourth-order valence-corrected chi connectivity index (χ4v) is 6.63. The predicted molar refractivity (Wildman–Crippen MR) is 118 cm³/mol. The third kappa shape index (κ3) is 2.09. The highest BCUT2D eigenvalue weighted by Gasteiger charge is 2.69. The summed E-state index contributed by atoms with van der Waals surface area (Å²) in [6, 6.07) is 22.8. The summed E-state index contributed by atoms with van der Waals surface area (Å²) in [5.41, 5.74) is 3.34. The van der Waals surface area contributed by atoms with Crippen LogP contribution in [-0.2, 0) is 15.0 Å². The van der Waals surface area contributed by atoms with Crippen molar-refractivity contribution in [3.05, 3.63) is 100 Å². The van der Waals surface area contributed by atoms with Gasteiger partial charge >= 0.3 is 0 Å². The monoisotopic (exact) mass is 429 g/mol. The van der Waals surface area contributed by atoms with Crippen LogP contribution in [0.4, 0.5) is 5.69 Å². The van der Waals surface area contributed by atoms with Gasteiger partial charge in [-0.2, -0.15) is 0 Å². The Morgan fingerprint density at radius 3 is 2.00 bits per heavy atom. The summed E-state index contributed by atoms with van der Waals surface area (Å²) in [4.78, 5) is 29.0. The third-order valence-electron chi connectivity index (χ3n) is 7.44. The molecule has 2 amide bonds. The van der Waals surface area contributed by atoms with Crippen molar-refractivity contribution >= 4 is 29.1 Å². The van der Waals surface area contributed by atoms with E-state index in [0.717, 1.165) is 22.3 Å². The minimum Gasteiger partial charge on any atom is -0.392 e. The molecule has 0 saturated carbocycles. The number of hydrogen-bond donors (Lipinski definition) is 1. The van der Waals surface area contributed by atoms with E-state index >= 15 is 0 Å². The molecule has 1 fully saturated rings. The van der Waals surface area contributed by atoms with Gasteiger partial charge in [-0.05, 0) is 41.3 Å². The number of halogens is 1. The summed E-state index contributed by atoms with van der Waals surface area (Å²) in [5.74, 6) is -2.05. The first kappa shape index (κ1) is 18.8. The van der Waals surface area contributed by atoms with E-state index in [-0.39, 0.29) is 17.7 Å². The standard InChI is InChI=1S/C26H20ClNO3/c1-14(29)26-17-10-4-2-8-15(17)21(16-9-3-5-11-18(16)26)22-23(26)25(31)28(24(22)30)20-13-7-6-12-19(20)27/h2-14,21-23,29H,1H3. The van der Waals surface area contributed by atoms with E-state index in [1.54, 1.807) is 31.2 Å². The summed E-state index contributed by atoms with van der Waals surface area (Å²) in [6.45, 7) is 1.73. The van der Waals surface area contributed by atoms with Crippen molar-refractivity contribution in [2.24, 2.45) is 11.8 Å². The lowest BCUT2D eigenvalue weighted by Crippen LogP contribution is -2.58. The molecule has 3 unspecified atom stereocenters. The molecule has 3 aromatic carbocycles. The molecule has 4 nitrogen and oxygen atoms in total. The number of para-hydroxylation sites is 1. The van der Waals surface area contributed by atoms with Crippen molar-refractivity contribution in [2.75, 3.05) is 4.90 Å². The molecule has 4 aliphatic rings. The number of carbonyl (C=O) groups is 2.